The molecule has 0 spiro atoms. The number of hydrogen-bond acceptors (Lipinski definition) is 5. The highest BCUT2D eigenvalue weighted by Gasteiger charge is 2.42. The van der Waals surface area contributed by atoms with Gasteiger partial charge < -0.3 is 4.74 Å². The van der Waals surface area contributed by atoms with E-state index in [0.29, 0.717) is 35.1 Å². The molecule has 1 aliphatic rings. The molecule has 3 rings (SSSR count). The zero-order chi connectivity index (χ0) is 16.6. The normalized spacial score (nSPS) is 20.5. The molecule has 0 radical (unpaired) electrons. The quantitative estimate of drug-likeness (QED) is 0.806. The summed E-state index contributed by atoms with van der Waals surface area (Å²) in [4.78, 5) is 17.2. The molecule has 0 amide bonds. The SMILES string of the molecule is CC(C)Oc1ccc(C2(C)CCc3nc(Cl)ccc3C2=O)nn1. The van der Waals surface area contributed by atoms with E-state index in [2.05, 4.69) is 15.2 Å². The van der Waals surface area contributed by atoms with E-state index in [1.54, 1.807) is 18.2 Å². The van der Waals surface area contributed by atoms with Gasteiger partial charge in [0.2, 0.25) is 5.88 Å². The lowest BCUT2D eigenvalue weighted by molar-refractivity contribution is 0.0869. The molecular weight excluding hydrogens is 314 g/mol. The van der Waals surface area contributed by atoms with E-state index >= 15 is 0 Å². The van der Waals surface area contributed by atoms with E-state index in [0.717, 1.165) is 5.69 Å². The van der Waals surface area contributed by atoms with Crippen molar-refractivity contribution in [3.8, 4) is 5.88 Å². The molecule has 1 unspecified atom stereocenters. The number of rotatable bonds is 3. The van der Waals surface area contributed by atoms with Crippen LogP contribution < -0.4 is 4.74 Å². The fourth-order valence-corrected chi connectivity index (χ4v) is 2.98. The Morgan fingerprint density at radius 2 is 2.00 bits per heavy atom. The number of hydrogen-bond donors (Lipinski definition) is 0. The fourth-order valence-electron chi connectivity index (χ4n) is 2.81. The van der Waals surface area contributed by atoms with Crippen LogP contribution in [-0.4, -0.2) is 27.1 Å². The second kappa shape index (κ2) is 5.89. The smallest absolute Gasteiger partial charge is 0.233 e. The maximum absolute atomic E-state index is 12.9. The molecule has 0 saturated carbocycles. The maximum Gasteiger partial charge on any atom is 0.233 e. The minimum atomic E-state index is -0.703. The van der Waals surface area contributed by atoms with E-state index in [-0.39, 0.29) is 11.9 Å². The van der Waals surface area contributed by atoms with Crippen LogP contribution in [0.25, 0.3) is 0 Å². The summed E-state index contributed by atoms with van der Waals surface area (Å²) in [5, 5.41) is 8.72. The molecule has 1 aliphatic carbocycles. The fraction of sp³-hybridized carbons (Fsp3) is 0.412. The van der Waals surface area contributed by atoms with Crippen LogP contribution >= 0.6 is 11.6 Å². The predicted octanol–water partition coefficient (Wildman–Crippen LogP) is 3.40. The van der Waals surface area contributed by atoms with Crippen LogP contribution in [0, 0.1) is 0 Å². The lowest BCUT2D eigenvalue weighted by Gasteiger charge is -2.31. The Morgan fingerprint density at radius 3 is 2.65 bits per heavy atom. The van der Waals surface area contributed by atoms with Crippen LogP contribution in [0.2, 0.25) is 5.15 Å². The van der Waals surface area contributed by atoms with Crippen molar-refractivity contribution in [2.24, 2.45) is 0 Å². The largest absolute Gasteiger partial charge is 0.474 e. The molecule has 2 aromatic rings. The van der Waals surface area contributed by atoms with Crippen molar-refractivity contribution in [2.75, 3.05) is 0 Å². The lowest BCUT2D eigenvalue weighted by Crippen LogP contribution is -2.38. The van der Waals surface area contributed by atoms with Crippen LogP contribution in [0.4, 0.5) is 0 Å². The Hall–Kier alpha value is -2.01. The van der Waals surface area contributed by atoms with Crippen molar-refractivity contribution in [3.63, 3.8) is 0 Å². The molecule has 0 fully saturated rings. The first kappa shape index (κ1) is 15.9. The van der Waals surface area contributed by atoms with Gasteiger partial charge in [-0.05, 0) is 51.8 Å². The number of fused-ring (bicyclic) bond motifs is 1. The van der Waals surface area contributed by atoms with E-state index in [9.17, 15) is 4.79 Å². The van der Waals surface area contributed by atoms with Gasteiger partial charge in [-0.25, -0.2) is 4.98 Å². The number of ketones is 1. The summed E-state index contributed by atoms with van der Waals surface area (Å²) in [6, 6.07) is 6.97. The Bertz CT molecular complexity index is 746. The third kappa shape index (κ3) is 2.93. The van der Waals surface area contributed by atoms with Gasteiger partial charge in [0.05, 0.1) is 22.9 Å². The first-order chi connectivity index (χ1) is 10.9. The topological polar surface area (TPSA) is 65.0 Å². The molecular formula is C17H18ClN3O2. The van der Waals surface area contributed by atoms with Gasteiger partial charge in [-0.2, -0.15) is 5.10 Å². The Balaban J connectivity index is 1.93. The highest BCUT2D eigenvalue weighted by Crippen LogP contribution is 2.37. The van der Waals surface area contributed by atoms with Gasteiger partial charge in [0.1, 0.15) is 5.15 Å². The number of pyridine rings is 1. The monoisotopic (exact) mass is 331 g/mol. The molecule has 0 bridgehead atoms. The van der Waals surface area contributed by atoms with Crippen molar-refractivity contribution >= 4 is 17.4 Å². The zero-order valence-corrected chi connectivity index (χ0v) is 14.1. The third-order valence-corrected chi connectivity index (χ3v) is 4.32. The first-order valence-electron chi connectivity index (χ1n) is 7.61. The van der Waals surface area contributed by atoms with Crippen LogP contribution in [0.1, 0.15) is 48.9 Å². The van der Waals surface area contributed by atoms with E-state index < -0.39 is 5.41 Å². The van der Waals surface area contributed by atoms with Crippen molar-refractivity contribution in [1.29, 1.82) is 0 Å². The second-order valence-corrected chi connectivity index (χ2v) is 6.60. The van der Waals surface area contributed by atoms with Crippen molar-refractivity contribution in [2.45, 2.75) is 45.1 Å². The number of nitrogens with zero attached hydrogens (tertiary/aromatic N) is 3. The molecule has 0 N–H and O–H groups in total. The molecule has 5 nitrogen and oxygen atoms in total. The Kier molecular flexibility index (Phi) is 4.06. The maximum atomic E-state index is 12.9. The van der Waals surface area contributed by atoms with Crippen molar-refractivity contribution in [3.05, 3.63) is 46.4 Å². The standard InChI is InChI=1S/C17H18ClN3O2/c1-10(2)23-15-7-5-13(20-21-15)17(3)9-8-12-11(16(17)22)4-6-14(18)19-12/h4-7,10H,8-9H2,1-3H3. The summed E-state index contributed by atoms with van der Waals surface area (Å²) in [6.45, 7) is 5.76. The minimum absolute atomic E-state index is 0.00902. The Labute approximate surface area is 140 Å². The molecule has 120 valence electrons. The number of ether oxygens (including phenoxy) is 1. The van der Waals surface area contributed by atoms with Crippen molar-refractivity contribution in [1.82, 2.24) is 15.2 Å². The molecule has 0 aromatic carbocycles. The van der Waals surface area contributed by atoms with E-state index in [1.165, 1.54) is 0 Å². The van der Waals surface area contributed by atoms with Gasteiger partial charge in [0, 0.05) is 11.6 Å². The second-order valence-electron chi connectivity index (χ2n) is 6.21. The van der Waals surface area contributed by atoms with Crippen LogP contribution in [0.3, 0.4) is 0 Å². The summed E-state index contributed by atoms with van der Waals surface area (Å²) in [6.07, 6.45) is 1.35. The zero-order valence-electron chi connectivity index (χ0n) is 13.3. The van der Waals surface area contributed by atoms with E-state index in [4.69, 9.17) is 16.3 Å². The van der Waals surface area contributed by atoms with Gasteiger partial charge in [-0.3, -0.25) is 4.79 Å². The summed E-state index contributed by atoms with van der Waals surface area (Å²) in [5.41, 5.74) is 1.32. The molecule has 2 heterocycles. The predicted molar refractivity (Wildman–Crippen MR) is 87.0 cm³/mol. The molecule has 1 atom stereocenters. The Morgan fingerprint density at radius 1 is 1.22 bits per heavy atom. The number of aryl methyl sites for hydroxylation is 1. The van der Waals surface area contributed by atoms with Crippen LogP contribution in [0.15, 0.2) is 24.3 Å². The van der Waals surface area contributed by atoms with Crippen LogP contribution in [0.5, 0.6) is 5.88 Å². The number of carbonyl (C=O) groups is 1. The van der Waals surface area contributed by atoms with Gasteiger partial charge in [-0.15, -0.1) is 5.10 Å². The average Bonchev–Trinajstić information content (AvgIpc) is 2.51. The number of aromatic nitrogens is 3. The van der Waals surface area contributed by atoms with Gasteiger partial charge in [0.25, 0.3) is 0 Å². The highest BCUT2D eigenvalue weighted by atomic mass is 35.5. The summed E-state index contributed by atoms with van der Waals surface area (Å²) < 4.78 is 5.50. The third-order valence-electron chi connectivity index (χ3n) is 4.11. The first-order valence-corrected chi connectivity index (χ1v) is 7.99. The van der Waals surface area contributed by atoms with Crippen LogP contribution in [-0.2, 0) is 11.8 Å². The summed E-state index contributed by atoms with van der Waals surface area (Å²) in [5.74, 6) is 0.471. The van der Waals surface area contributed by atoms with E-state index in [1.807, 2.05) is 26.8 Å². The summed E-state index contributed by atoms with van der Waals surface area (Å²) >= 11 is 5.91. The molecule has 2 aromatic heterocycles. The molecule has 0 saturated heterocycles. The van der Waals surface area contributed by atoms with Gasteiger partial charge in [-0.1, -0.05) is 11.6 Å². The number of Topliss-reactive ketones (excluding diaryl/α,β-unsaturated/α-hetero) is 1. The highest BCUT2D eigenvalue weighted by molar-refractivity contribution is 6.29. The molecule has 6 heteroatoms. The van der Waals surface area contributed by atoms with Crippen molar-refractivity contribution < 1.29 is 9.53 Å². The minimum Gasteiger partial charge on any atom is -0.474 e. The lowest BCUT2D eigenvalue weighted by atomic mass is 9.71. The van der Waals surface area contributed by atoms with Gasteiger partial charge in [0.15, 0.2) is 5.78 Å². The summed E-state index contributed by atoms with van der Waals surface area (Å²) in [7, 11) is 0. The molecule has 23 heavy (non-hydrogen) atoms. The van der Waals surface area contributed by atoms with Gasteiger partial charge >= 0.3 is 0 Å². The number of halogens is 1. The molecule has 0 aliphatic heterocycles. The average molecular weight is 332 g/mol. The number of carbonyl (C=O) groups excluding carboxylic acids is 1.